The molecule has 0 aromatic carbocycles. The molecule has 0 saturated carbocycles. The number of hydrogen-bond acceptors (Lipinski definition) is 2. The molecule has 1 saturated heterocycles. The zero-order valence-electron chi connectivity index (χ0n) is 12.2. The van der Waals surface area contributed by atoms with Gasteiger partial charge in [0.05, 0.1) is 5.92 Å². The predicted molar refractivity (Wildman–Crippen MR) is 73.7 cm³/mol. The van der Waals surface area contributed by atoms with Crippen LogP contribution < -0.4 is 5.32 Å². The van der Waals surface area contributed by atoms with Crippen LogP contribution in [0.25, 0.3) is 0 Å². The van der Waals surface area contributed by atoms with Gasteiger partial charge in [-0.1, -0.05) is 26.3 Å². The van der Waals surface area contributed by atoms with Crippen molar-refractivity contribution in [2.75, 3.05) is 13.1 Å². The van der Waals surface area contributed by atoms with E-state index in [2.05, 4.69) is 26.1 Å². The van der Waals surface area contributed by atoms with Crippen molar-refractivity contribution in [1.29, 1.82) is 0 Å². The largest absolute Gasteiger partial charge is 0.481 e. The van der Waals surface area contributed by atoms with Crippen LogP contribution in [-0.2, 0) is 4.79 Å². The van der Waals surface area contributed by atoms with Crippen LogP contribution in [0.15, 0.2) is 11.8 Å². The molecule has 1 fully saturated rings. The maximum absolute atomic E-state index is 11.9. The van der Waals surface area contributed by atoms with Crippen LogP contribution >= 0.6 is 0 Å². The number of nitrogens with one attached hydrogen (secondary N) is 1. The first-order valence-corrected chi connectivity index (χ1v) is 6.67. The number of carboxylic acids is 1. The van der Waals surface area contributed by atoms with Gasteiger partial charge in [0.2, 0.25) is 0 Å². The van der Waals surface area contributed by atoms with Gasteiger partial charge in [0, 0.05) is 19.3 Å². The number of amides is 2. The first-order chi connectivity index (χ1) is 8.71. The van der Waals surface area contributed by atoms with Gasteiger partial charge in [0.25, 0.3) is 0 Å². The summed E-state index contributed by atoms with van der Waals surface area (Å²) < 4.78 is 0. The van der Waals surface area contributed by atoms with Crippen molar-refractivity contribution in [3.63, 3.8) is 0 Å². The lowest BCUT2D eigenvalue weighted by Gasteiger charge is -2.30. The van der Waals surface area contributed by atoms with Crippen LogP contribution in [0.4, 0.5) is 4.79 Å². The maximum atomic E-state index is 11.9. The first kappa shape index (κ1) is 15.5. The molecule has 1 rings (SSSR count). The SMILES string of the molecule is C/C(=C\NC(=O)N1CCC(C(=O)O)CC1)C(C)(C)C. The molecule has 0 radical (unpaired) electrons. The van der Waals surface area contributed by atoms with E-state index in [-0.39, 0.29) is 17.4 Å². The van der Waals surface area contributed by atoms with E-state index < -0.39 is 5.97 Å². The average Bonchev–Trinajstić information content (AvgIpc) is 2.34. The molecule has 0 atom stereocenters. The quantitative estimate of drug-likeness (QED) is 0.808. The number of aliphatic carboxylic acids is 1. The van der Waals surface area contributed by atoms with E-state index in [1.165, 1.54) is 0 Å². The van der Waals surface area contributed by atoms with E-state index in [0.29, 0.717) is 25.9 Å². The van der Waals surface area contributed by atoms with Crippen molar-refractivity contribution in [3.8, 4) is 0 Å². The fraction of sp³-hybridized carbons (Fsp3) is 0.714. The Hall–Kier alpha value is -1.52. The number of rotatable bonds is 2. The second-order valence-corrected chi connectivity index (χ2v) is 6.13. The molecule has 2 amide bonds. The molecule has 1 aliphatic heterocycles. The molecular weight excluding hydrogens is 244 g/mol. The van der Waals surface area contributed by atoms with Gasteiger partial charge in [-0.05, 0) is 25.2 Å². The number of piperidine rings is 1. The minimum atomic E-state index is -0.761. The van der Waals surface area contributed by atoms with E-state index in [4.69, 9.17) is 5.11 Å². The molecule has 1 aliphatic rings. The Morgan fingerprint density at radius 1 is 1.26 bits per heavy atom. The van der Waals surface area contributed by atoms with Gasteiger partial charge in [0.1, 0.15) is 0 Å². The third-order valence-electron chi connectivity index (χ3n) is 3.73. The van der Waals surface area contributed by atoms with Crippen LogP contribution in [-0.4, -0.2) is 35.1 Å². The highest BCUT2D eigenvalue weighted by molar-refractivity contribution is 5.76. The van der Waals surface area contributed by atoms with Crippen LogP contribution in [0.2, 0.25) is 0 Å². The van der Waals surface area contributed by atoms with Crippen molar-refractivity contribution in [2.45, 2.75) is 40.5 Å². The number of allylic oxidation sites excluding steroid dienone is 1. The Kier molecular flexibility index (Phi) is 4.97. The Balaban J connectivity index is 2.46. The Morgan fingerprint density at radius 2 is 1.79 bits per heavy atom. The second-order valence-electron chi connectivity index (χ2n) is 6.13. The Morgan fingerprint density at radius 3 is 2.21 bits per heavy atom. The Labute approximate surface area is 114 Å². The number of hydrogen-bond donors (Lipinski definition) is 2. The lowest BCUT2D eigenvalue weighted by atomic mass is 9.88. The van der Waals surface area contributed by atoms with Crippen molar-refractivity contribution in [1.82, 2.24) is 10.2 Å². The number of urea groups is 1. The topological polar surface area (TPSA) is 69.6 Å². The van der Waals surface area contributed by atoms with Gasteiger partial charge < -0.3 is 15.3 Å². The maximum Gasteiger partial charge on any atom is 0.321 e. The van der Waals surface area contributed by atoms with Crippen LogP contribution in [0.1, 0.15) is 40.5 Å². The molecule has 0 aliphatic carbocycles. The molecule has 1 heterocycles. The summed E-state index contributed by atoms with van der Waals surface area (Å²) >= 11 is 0. The summed E-state index contributed by atoms with van der Waals surface area (Å²) in [4.78, 5) is 24.4. The fourth-order valence-corrected chi connectivity index (χ4v) is 1.81. The number of likely N-dealkylation sites (tertiary alicyclic amines) is 1. The van der Waals surface area contributed by atoms with Gasteiger partial charge in [0.15, 0.2) is 0 Å². The van der Waals surface area contributed by atoms with Gasteiger partial charge >= 0.3 is 12.0 Å². The summed E-state index contributed by atoms with van der Waals surface area (Å²) in [5.41, 5.74) is 1.13. The molecule has 5 heteroatoms. The fourth-order valence-electron chi connectivity index (χ4n) is 1.81. The van der Waals surface area contributed by atoms with Crippen molar-refractivity contribution in [3.05, 3.63) is 11.8 Å². The third-order valence-corrected chi connectivity index (χ3v) is 3.73. The van der Waals surface area contributed by atoms with Gasteiger partial charge in [-0.3, -0.25) is 4.79 Å². The van der Waals surface area contributed by atoms with Crippen LogP contribution in [0.3, 0.4) is 0 Å². The number of nitrogens with zero attached hydrogens (tertiary/aromatic N) is 1. The summed E-state index contributed by atoms with van der Waals surface area (Å²) in [6, 6.07) is -0.146. The van der Waals surface area contributed by atoms with Crippen molar-refractivity contribution < 1.29 is 14.7 Å². The molecule has 0 bridgehead atoms. The number of carboxylic acid groups (broad SMARTS) is 1. The van der Waals surface area contributed by atoms with Gasteiger partial charge in [-0.25, -0.2) is 4.79 Å². The molecule has 0 aromatic heterocycles. The molecule has 0 aromatic rings. The smallest absolute Gasteiger partial charge is 0.321 e. The second kappa shape index (κ2) is 6.08. The molecule has 5 nitrogen and oxygen atoms in total. The number of carbonyl (C=O) groups is 2. The van der Waals surface area contributed by atoms with E-state index in [1.54, 1.807) is 11.1 Å². The lowest BCUT2D eigenvalue weighted by Crippen LogP contribution is -2.44. The average molecular weight is 268 g/mol. The van der Waals surface area contributed by atoms with Crippen LogP contribution in [0.5, 0.6) is 0 Å². The van der Waals surface area contributed by atoms with Crippen molar-refractivity contribution >= 4 is 12.0 Å². The van der Waals surface area contributed by atoms with E-state index in [0.717, 1.165) is 5.57 Å². The summed E-state index contributed by atoms with van der Waals surface area (Å²) in [5, 5.41) is 11.7. The highest BCUT2D eigenvalue weighted by Gasteiger charge is 2.26. The van der Waals surface area contributed by atoms with E-state index in [1.807, 2.05) is 6.92 Å². The zero-order chi connectivity index (χ0) is 14.6. The molecule has 0 unspecified atom stereocenters. The van der Waals surface area contributed by atoms with Gasteiger partial charge in [-0.2, -0.15) is 0 Å². The highest BCUT2D eigenvalue weighted by atomic mass is 16.4. The Bertz CT molecular complexity index is 375. The first-order valence-electron chi connectivity index (χ1n) is 6.67. The molecule has 0 spiro atoms. The summed E-state index contributed by atoms with van der Waals surface area (Å²) in [6.45, 7) is 9.25. The molecular formula is C14H24N2O3. The molecule has 19 heavy (non-hydrogen) atoms. The summed E-state index contributed by atoms with van der Waals surface area (Å²) in [6.07, 6.45) is 2.81. The van der Waals surface area contributed by atoms with E-state index >= 15 is 0 Å². The summed E-state index contributed by atoms with van der Waals surface area (Å²) in [7, 11) is 0. The third kappa shape index (κ3) is 4.58. The zero-order valence-corrected chi connectivity index (χ0v) is 12.2. The lowest BCUT2D eigenvalue weighted by molar-refractivity contribution is -0.143. The minimum Gasteiger partial charge on any atom is -0.481 e. The van der Waals surface area contributed by atoms with Gasteiger partial charge in [-0.15, -0.1) is 0 Å². The predicted octanol–water partition coefficient (Wildman–Crippen LogP) is 2.44. The van der Waals surface area contributed by atoms with Crippen molar-refractivity contribution in [2.24, 2.45) is 11.3 Å². The van der Waals surface area contributed by atoms with E-state index in [9.17, 15) is 9.59 Å². The number of carbonyl (C=O) groups excluding carboxylic acids is 1. The highest BCUT2D eigenvalue weighted by Crippen LogP contribution is 2.23. The molecule has 2 N–H and O–H groups in total. The monoisotopic (exact) mass is 268 g/mol. The molecule has 108 valence electrons. The normalized spacial score (nSPS) is 18.3. The van der Waals surface area contributed by atoms with Crippen LogP contribution in [0, 0.1) is 11.3 Å². The standard InChI is InChI=1S/C14H24N2O3/c1-10(14(2,3)4)9-15-13(19)16-7-5-11(6-8-16)12(17)18/h9,11H,5-8H2,1-4H3,(H,15,19)(H,17,18)/b10-9+. The minimum absolute atomic E-state index is 0.0313. The summed E-state index contributed by atoms with van der Waals surface area (Å²) in [5.74, 6) is -1.07.